The van der Waals surface area contributed by atoms with Crippen molar-refractivity contribution >= 4 is 163 Å². The first-order valence-corrected chi connectivity index (χ1v) is 41.4. The summed E-state index contributed by atoms with van der Waals surface area (Å²) >= 11 is 0. The van der Waals surface area contributed by atoms with Crippen LogP contribution in [0.1, 0.15) is 0 Å². The summed E-state index contributed by atoms with van der Waals surface area (Å²) in [6.07, 6.45) is 0. The minimum absolute atomic E-state index is 1.15. The predicted molar refractivity (Wildman–Crippen MR) is 508 cm³/mol. The van der Waals surface area contributed by atoms with E-state index in [1.54, 1.807) is 0 Å². The van der Waals surface area contributed by atoms with E-state index in [0.29, 0.717) is 0 Å². The van der Waals surface area contributed by atoms with E-state index in [1.807, 2.05) is 0 Å². The molecule has 6 aromatic heterocycles. The van der Waals surface area contributed by atoms with E-state index >= 15 is 0 Å². The number of nitrogens with zero attached hydrogens (tertiary/aromatic N) is 6. The summed E-state index contributed by atoms with van der Waals surface area (Å²) in [6.45, 7) is 0. The fourth-order valence-corrected chi connectivity index (χ4v) is 20.0. The van der Waals surface area contributed by atoms with Crippen LogP contribution in [0.5, 0.6) is 0 Å². The highest BCUT2D eigenvalue weighted by Crippen LogP contribution is 2.47. The highest BCUT2D eigenvalue weighted by atomic mass is 15.0. The first-order valence-electron chi connectivity index (χ1n) is 41.4. The van der Waals surface area contributed by atoms with Crippen LogP contribution >= 0.6 is 0 Å². The molecule has 0 N–H and O–H groups in total. The van der Waals surface area contributed by atoms with Crippen LogP contribution in [-0.4, -0.2) is 27.4 Å². The molecule has 0 saturated heterocycles. The zero-order valence-corrected chi connectivity index (χ0v) is 65.3. The maximum absolute atomic E-state index is 2.44. The molecule has 0 fully saturated rings. The highest BCUT2D eigenvalue weighted by Gasteiger charge is 2.25. The van der Waals surface area contributed by atoms with Crippen LogP contribution in [-0.2, 0) is 0 Å². The lowest BCUT2D eigenvalue weighted by Gasteiger charge is -2.12. The van der Waals surface area contributed by atoms with Crippen LogP contribution in [0, 0.1) is 0 Å². The van der Waals surface area contributed by atoms with E-state index in [0.717, 1.165) is 22.7 Å². The van der Waals surface area contributed by atoms with Crippen LogP contribution < -0.4 is 0 Å². The number of fused-ring (bicyclic) bond motifs is 21. The van der Waals surface area contributed by atoms with Gasteiger partial charge >= 0.3 is 0 Å². The minimum atomic E-state index is 1.15. The summed E-state index contributed by atoms with van der Waals surface area (Å²) in [5, 5.41) is 22.4. The van der Waals surface area contributed by atoms with E-state index in [4.69, 9.17) is 0 Å². The summed E-state index contributed by atoms with van der Waals surface area (Å²) in [6, 6.07) is 160. The molecule has 26 aromatic rings. The first-order chi connectivity index (χ1) is 59.5. The minimum Gasteiger partial charge on any atom is -0.309 e. The third-order valence-corrected chi connectivity index (χ3v) is 25.4. The second kappa shape index (κ2) is 26.8. The third-order valence-electron chi connectivity index (χ3n) is 25.4. The number of hydrogen-bond donors (Lipinski definition) is 0. The van der Waals surface area contributed by atoms with E-state index in [9.17, 15) is 0 Å². The molecular formula is C114H72N6. The van der Waals surface area contributed by atoms with Crippen LogP contribution in [0.15, 0.2) is 437 Å². The molecule has 26 rings (SSSR count). The topological polar surface area (TPSA) is 29.6 Å². The molecule has 0 aliphatic heterocycles. The molecule has 0 bridgehead atoms. The van der Waals surface area contributed by atoms with Crippen LogP contribution in [0.2, 0.25) is 0 Å². The van der Waals surface area contributed by atoms with E-state index in [2.05, 4.69) is 464 Å². The fourth-order valence-electron chi connectivity index (χ4n) is 20.0. The van der Waals surface area contributed by atoms with E-state index in [-0.39, 0.29) is 0 Å². The standard InChI is InChI=1S/C58H37N3.C56H35N3/c1-3-14-38(15-4-1)39-26-30-44(31-27-39)60-53-23-11-9-22-47(53)50-36-51-49-35-42(28-32-55(49)59(58(51)37-57(50)60)43-18-5-2-6-19-43)41-29-33-56-48(34-41)46-21-10-12-24-54(46)61(56)52-25-13-17-40-16-7-8-20-45(40)52;1-2-17-41(18-3-1)57-53-29-26-40(39-27-30-54-46(32-39)44-20-9-11-23-52(44)59(54)50-24-12-16-37-14-6-7-19-43(37)50)33-47(53)49-34-48-45-21-8-10-22-51(45)58(55(48)35-56(49)57)42-28-25-36-13-4-5-15-38(36)31-42/h1-37H;1-35H. The van der Waals surface area contributed by atoms with Gasteiger partial charge in [0, 0.05) is 98.2 Å². The second-order valence-corrected chi connectivity index (χ2v) is 31.9. The summed E-state index contributed by atoms with van der Waals surface area (Å²) in [4.78, 5) is 0. The monoisotopic (exact) mass is 1520 g/mol. The third kappa shape index (κ3) is 10.4. The molecule has 0 aliphatic carbocycles. The summed E-state index contributed by atoms with van der Waals surface area (Å²) in [5.74, 6) is 0. The molecule has 0 unspecified atom stereocenters. The Morgan fingerprint density at radius 1 is 0.108 bits per heavy atom. The Labute approximate surface area is 690 Å². The molecule has 20 aromatic carbocycles. The highest BCUT2D eigenvalue weighted by molar-refractivity contribution is 6.23. The van der Waals surface area contributed by atoms with Crippen molar-refractivity contribution < 1.29 is 0 Å². The molecule has 0 saturated carbocycles. The van der Waals surface area contributed by atoms with Gasteiger partial charge in [0.1, 0.15) is 0 Å². The molecule has 6 nitrogen and oxygen atoms in total. The quantitative estimate of drug-likeness (QED) is 0.138. The Kier molecular flexibility index (Phi) is 15.0. The summed E-state index contributed by atoms with van der Waals surface area (Å²) in [7, 11) is 0. The Morgan fingerprint density at radius 2 is 0.375 bits per heavy atom. The Morgan fingerprint density at radius 3 is 0.800 bits per heavy atom. The van der Waals surface area contributed by atoms with Crippen molar-refractivity contribution in [2.24, 2.45) is 0 Å². The molecule has 6 heterocycles. The van der Waals surface area contributed by atoms with Gasteiger partial charge in [-0.15, -0.1) is 0 Å². The predicted octanol–water partition coefficient (Wildman–Crippen LogP) is 30.4. The lowest BCUT2D eigenvalue weighted by Crippen LogP contribution is -1.96. The maximum atomic E-state index is 2.44. The zero-order valence-electron chi connectivity index (χ0n) is 65.3. The van der Waals surface area contributed by atoms with Gasteiger partial charge in [-0.05, 0) is 213 Å². The Hall–Kier alpha value is -16.0. The molecule has 558 valence electrons. The normalized spacial score (nSPS) is 12.0. The van der Waals surface area contributed by atoms with Crippen molar-refractivity contribution in [1.29, 1.82) is 0 Å². The Balaban J connectivity index is 0.000000133. The van der Waals surface area contributed by atoms with Crippen molar-refractivity contribution in [3.05, 3.63) is 437 Å². The Bertz CT molecular complexity index is 8700. The number of hydrogen-bond acceptors (Lipinski definition) is 0. The first kappa shape index (κ1) is 67.3. The van der Waals surface area contributed by atoms with Gasteiger partial charge in [0.05, 0.1) is 77.6 Å². The van der Waals surface area contributed by atoms with E-state index in [1.165, 1.54) is 208 Å². The smallest absolute Gasteiger partial charge is 0.0562 e. The van der Waals surface area contributed by atoms with Gasteiger partial charge in [0.15, 0.2) is 0 Å². The number of para-hydroxylation sites is 6. The van der Waals surface area contributed by atoms with Crippen LogP contribution in [0.3, 0.4) is 0 Å². The molecule has 120 heavy (non-hydrogen) atoms. The molecule has 6 heteroatoms. The lowest BCUT2D eigenvalue weighted by atomic mass is 10.00. The van der Waals surface area contributed by atoms with Gasteiger partial charge in [-0.1, -0.05) is 279 Å². The van der Waals surface area contributed by atoms with Gasteiger partial charge in [0.25, 0.3) is 0 Å². The summed E-state index contributed by atoms with van der Waals surface area (Å²) in [5.41, 5.74) is 28.6. The van der Waals surface area contributed by atoms with Gasteiger partial charge in [-0.2, -0.15) is 0 Å². The van der Waals surface area contributed by atoms with Crippen LogP contribution in [0.25, 0.3) is 231 Å². The molecule has 0 aliphatic rings. The number of rotatable bonds is 9. The van der Waals surface area contributed by atoms with Gasteiger partial charge < -0.3 is 27.4 Å². The second-order valence-electron chi connectivity index (χ2n) is 31.9. The van der Waals surface area contributed by atoms with Crippen molar-refractivity contribution in [2.45, 2.75) is 0 Å². The maximum Gasteiger partial charge on any atom is 0.0562 e. The lowest BCUT2D eigenvalue weighted by molar-refractivity contribution is 1.16. The average molecular weight is 1530 g/mol. The largest absolute Gasteiger partial charge is 0.309 e. The molecular weight excluding hydrogens is 1450 g/mol. The summed E-state index contributed by atoms with van der Waals surface area (Å²) < 4.78 is 14.6. The van der Waals surface area contributed by atoms with Gasteiger partial charge in [-0.3, -0.25) is 0 Å². The van der Waals surface area contributed by atoms with Crippen molar-refractivity contribution in [2.75, 3.05) is 0 Å². The number of benzene rings is 20. The molecule has 0 spiro atoms. The van der Waals surface area contributed by atoms with Crippen LogP contribution in [0.4, 0.5) is 0 Å². The van der Waals surface area contributed by atoms with E-state index < -0.39 is 0 Å². The van der Waals surface area contributed by atoms with Gasteiger partial charge in [0.2, 0.25) is 0 Å². The molecule has 0 radical (unpaired) electrons. The average Bonchev–Trinajstić information content (AvgIpc) is 1.55. The fraction of sp³-hybridized carbons (Fsp3) is 0. The SMILES string of the molecule is c1ccc(-c2ccc(-n3c4ccccc4c4cc5c6cc(-c7ccc8c(c7)c7ccccc7n8-c7cccc8ccccc78)ccc6n(-c6ccccc6)c5cc43)cc2)cc1.c1ccc(-n2c3ccc(-c4ccc5c(c4)c4ccccc4n5-c4cccc5ccccc45)cc3c3cc4c5ccccc5n(-c5ccc6ccccc6c5)c4cc32)cc1. The van der Waals surface area contributed by atoms with Gasteiger partial charge in [-0.25, -0.2) is 0 Å². The number of aromatic nitrogens is 6. The zero-order chi connectivity index (χ0) is 78.6. The molecule has 0 amide bonds. The van der Waals surface area contributed by atoms with Crippen molar-refractivity contribution in [1.82, 2.24) is 27.4 Å². The van der Waals surface area contributed by atoms with Crippen molar-refractivity contribution in [3.8, 4) is 67.5 Å². The van der Waals surface area contributed by atoms with Crippen molar-refractivity contribution in [3.63, 3.8) is 0 Å². The molecule has 0 atom stereocenters.